The van der Waals surface area contributed by atoms with E-state index < -0.39 is 23.4 Å². The Bertz CT molecular complexity index is 768. The molecule has 5 nitrogen and oxygen atoms in total. The average Bonchev–Trinajstić information content (AvgIpc) is 2.51. The van der Waals surface area contributed by atoms with E-state index in [2.05, 4.69) is 10.6 Å². The first-order valence-electron chi connectivity index (χ1n) is 6.31. The summed E-state index contributed by atoms with van der Waals surface area (Å²) in [5.41, 5.74) is 0.234. The Morgan fingerprint density at radius 2 is 1.52 bits per heavy atom. The zero-order chi connectivity index (χ0) is 17.0. The summed E-state index contributed by atoms with van der Waals surface area (Å²) in [5.74, 6) is -3.81. The Balaban J connectivity index is 2.03. The van der Waals surface area contributed by atoms with Gasteiger partial charge in [0, 0.05) is 17.4 Å². The minimum atomic E-state index is -1.13. The zero-order valence-electron chi connectivity index (χ0n) is 11.8. The number of amides is 2. The number of hydrogen-bond donors (Lipinski definition) is 2. The summed E-state index contributed by atoms with van der Waals surface area (Å²) in [5, 5.41) is 4.73. The molecule has 23 heavy (non-hydrogen) atoms. The predicted molar refractivity (Wildman–Crippen MR) is 81.6 cm³/mol. The largest absolute Gasteiger partial charge is 0.495 e. The molecule has 0 atom stereocenters. The Hall–Kier alpha value is -2.67. The van der Waals surface area contributed by atoms with E-state index >= 15 is 0 Å². The highest BCUT2D eigenvalue weighted by molar-refractivity contribution is 6.43. The van der Waals surface area contributed by atoms with Crippen LogP contribution in [0.1, 0.15) is 0 Å². The Kier molecular flexibility index (Phi) is 5.13. The molecule has 8 heteroatoms. The standard InChI is InChI=1S/C15H11ClF2N2O3/c1-23-13-5-3-8(6-10(13)16)19-14(21)15(22)20-9-2-4-11(17)12(18)7-9/h2-7H,1H3,(H,19,21)(H,20,22). The maximum atomic E-state index is 13.0. The lowest BCUT2D eigenvalue weighted by Crippen LogP contribution is -2.29. The third-order valence-electron chi connectivity index (χ3n) is 2.79. The molecule has 2 amide bonds. The number of benzene rings is 2. The van der Waals surface area contributed by atoms with E-state index in [4.69, 9.17) is 16.3 Å². The monoisotopic (exact) mass is 340 g/mol. The van der Waals surface area contributed by atoms with E-state index in [-0.39, 0.29) is 16.4 Å². The van der Waals surface area contributed by atoms with Gasteiger partial charge in [-0.15, -0.1) is 0 Å². The molecule has 120 valence electrons. The first kappa shape index (κ1) is 16.7. The molecular weight excluding hydrogens is 330 g/mol. The Labute approximate surface area is 135 Å². The van der Waals surface area contributed by atoms with Crippen LogP contribution < -0.4 is 15.4 Å². The van der Waals surface area contributed by atoms with Gasteiger partial charge in [-0.3, -0.25) is 9.59 Å². The van der Waals surface area contributed by atoms with Crippen molar-refractivity contribution in [1.82, 2.24) is 0 Å². The normalized spacial score (nSPS) is 10.1. The van der Waals surface area contributed by atoms with Gasteiger partial charge >= 0.3 is 11.8 Å². The summed E-state index contributed by atoms with van der Waals surface area (Å²) < 4.78 is 30.8. The van der Waals surface area contributed by atoms with E-state index in [1.807, 2.05) is 0 Å². The van der Waals surface area contributed by atoms with Crippen molar-refractivity contribution in [2.45, 2.75) is 0 Å². The van der Waals surface area contributed by atoms with Gasteiger partial charge in [0.1, 0.15) is 5.75 Å². The van der Waals surface area contributed by atoms with Gasteiger partial charge in [0.25, 0.3) is 0 Å². The molecule has 2 aromatic carbocycles. The van der Waals surface area contributed by atoms with Gasteiger partial charge in [0.2, 0.25) is 0 Å². The van der Waals surface area contributed by atoms with Gasteiger partial charge in [0.15, 0.2) is 11.6 Å². The fraction of sp³-hybridized carbons (Fsp3) is 0.0667. The highest BCUT2D eigenvalue weighted by Crippen LogP contribution is 2.27. The van der Waals surface area contributed by atoms with Crippen LogP contribution in [-0.4, -0.2) is 18.9 Å². The van der Waals surface area contributed by atoms with Crippen LogP contribution >= 0.6 is 11.6 Å². The third kappa shape index (κ3) is 4.17. The van der Waals surface area contributed by atoms with Gasteiger partial charge < -0.3 is 15.4 Å². The third-order valence-corrected chi connectivity index (χ3v) is 3.09. The summed E-state index contributed by atoms with van der Waals surface area (Å²) in [7, 11) is 1.44. The van der Waals surface area contributed by atoms with Crippen molar-refractivity contribution in [3.63, 3.8) is 0 Å². The van der Waals surface area contributed by atoms with Crippen molar-refractivity contribution in [3.05, 3.63) is 53.1 Å². The molecule has 0 saturated carbocycles. The molecule has 0 bridgehead atoms. The second-order valence-corrected chi connectivity index (χ2v) is 4.79. The van der Waals surface area contributed by atoms with E-state index in [0.717, 1.165) is 18.2 Å². The zero-order valence-corrected chi connectivity index (χ0v) is 12.6. The molecule has 2 rings (SSSR count). The van der Waals surface area contributed by atoms with Gasteiger partial charge in [-0.25, -0.2) is 8.78 Å². The molecule has 0 aliphatic carbocycles. The summed E-state index contributed by atoms with van der Waals surface area (Å²) in [6, 6.07) is 7.16. The van der Waals surface area contributed by atoms with E-state index in [1.165, 1.54) is 25.3 Å². The van der Waals surface area contributed by atoms with Crippen LogP contribution in [0.2, 0.25) is 5.02 Å². The molecule has 2 N–H and O–H groups in total. The smallest absolute Gasteiger partial charge is 0.314 e. The highest BCUT2D eigenvalue weighted by atomic mass is 35.5. The van der Waals surface area contributed by atoms with Crippen molar-refractivity contribution in [1.29, 1.82) is 0 Å². The summed E-state index contributed by atoms with van der Waals surface area (Å²) in [6.07, 6.45) is 0. The minimum absolute atomic E-state index is 0.0446. The molecular formula is C15H11ClF2N2O3. The molecule has 0 radical (unpaired) electrons. The molecule has 2 aromatic rings. The van der Waals surface area contributed by atoms with Crippen molar-refractivity contribution < 1.29 is 23.1 Å². The number of anilines is 2. The van der Waals surface area contributed by atoms with Crippen molar-refractivity contribution in [2.75, 3.05) is 17.7 Å². The predicted octanol–water partition coefficient (Wildman–Crippen LogP) is 3.20. The molecule has 0 fully saturated rings. The van der Waals surface area contributed by atoms with Gasteiger partial charge in [0.05, 0.1) is 12.1 Å². The number of ether oxygens (including phenoxy) is 1. The quantitative estimate of drug-likeness (QED) is 0.843. The van der Waals surface area contributed by atoms with Crippen LogP contribution in [0.25, 0.3) is 0 Å². The van der Waals surface area contributed by atoms with Crippen molar-refractivity contribution >= 4 is 34.8 Å². The molecule has 0 aromatic heterocycles. The number of halogens is 3. The average molecular weight is 341 g/mol. The number of nitrogens with one attached hydrogen (secondary N) is 2. The summed E-state index contributed by atoms with van der Waals surface area (Å²) in [4.78, 5) is 23.5. The maximum Gasteiger partial charge on any atom is 0.314 e. The highest BCUT2D eigenvalue weighted by Gasteiger charge is 2.15. The van der Waals surface area contributed by atoms with E-state index in [1.54, 1.807) is 0 Å². The second-order valence-electron chi connectivity index (χ2n) is 4.39. The van der Waals surface area contributed by atoms with Crippen molar-refractivity contribution in [2.24, 2.45) is 0 Å². The lowest BCUT2D eigenvalue weighted by molar-refractivity contribution is -0.133. The van der Waals surface area contributed by atoms with Crippen LogP contribution in [0.15, 0.2) is 36.4 Å². The van der Waals surface area contributed by atoms with Crippen LogP contribution in [-0.2, 0) is 9.59 Å². The van der Waals surface area contributed by atoms with Crippen LogP contribution in [0.5, 0.6) is 5.75 Å². The fourth-order valence-corrected chi connectivity index (χ4v) is 1.95. The molecule has 0 aliphatic heterocycles. The van der Waals surface area contributed by atoms with Crippen LogP contribution in [0.3, 0.4) is 0 Å². The van der Waals surface area contributed by atoms with Gasteiger partial charge in [-0.2, -0.15) is 0 Å². The number of carbonyl (C=O) groups is 2. The lowest BCUT2D eigenvalue weighted by Gasteiger charge is -2.08. The van der Waals surface area contributed by atoms with Gasteiger partial charge in [-0.05, 0) is 30.3 Å². The summed E-state index contributed by atoms with van der Waals surface area (Å²) in [6.45, 7) is 0. The second kappa shape index (κ2) is 7.06. The maximum absolute atomic E-state index is 13.0. The molecule has 0 heterocycles. The Morgan fingerprint density at radius 1 is 0.957 bits per heavy atom. The number of hydrogen-bond acceptors (Lipinski definition) is 3. The van der Waals surface area contributed by atoms with Crippen LogP contribution in [0, 0.1) is 11.6 Å². The number of rotatable bonds is 3. The fourth-order valence-electron chi connectivity index (χ4n) is 1.69. The van der Waals surface area contributed by atoms with E-state index in [0.29, 0.717) is 5.75 Å². The Morgan fingerprint density at radius 3 is 2.04 bits per heavy atom. The van der Waals surface area contributed by atoms with E-state index in [9.17, 15) is 18.4 Å². The number of methoxy groups -OCH3 is 1. The van der Waals surface area contributed by atoms with Gasteiger partial charge in [-0.1, -0.05) is 11.6 Å². The molecule has 0 aliphatic rings. The topological polar surface area (TPSA) is 67.4 Å². The molecule has 0 saturated heterocycles. The molecule has 0 spiro atoms. The number of carbonyl (C=O) groups excluding carboxylic acids is 2. The SMILES string of the molecule is COc1ccc(NC(=O)C(=O)Nc2ccc(F)c(F)c2)cc1Cl. The minimum Gasteiger partial charge on any atom is -0.495 e. The van der Waals surface area contributed by atoms with Crippen molar-refractivity contribution in [3.8, 4) is 5.75 Å². The first-order valence-corrected chi connectivity index (χ1v) is 6.69. The van der Waals surface area contributed by atoms with Crippen LogP contribution in [0.4, 0.5) is 20.2 Å². The lowest BCUT2D eigenvalue weighted by atomic mass is 10.3. The molecule has 0 unspecified atom stereocenters. The summed E-state index contributed by atoms with van der Waals surface area (Å²) >= 11 is 5.90. The first-order chi connectivity index (χ1) is 10.9.